The topological polar surface area (TPSA) is 101 Å². The Balaban J connectivity index is 2.00. The van der Waals surface area contributed by atoms with Crippen molar-refractivity contribution in [2.45, 2.75) is 4.90 Å². The number of ether oxygens (including phenoxy) is 2. The van der Waals surface area contributed by atoms with Crippen LogP contribution in [0.15, 0.2) is 52.5 Å². The molecule has 1 amide bonds. The van der Waals surface area contributed by atoms with Crippen LogP contribution in [-0.2, 0) is 14.8 Å². The standard InChI is InChI=1S/C20H26N4O5S/c1-23(2)16-8-6-15(7-9-16)13-21-22-20(25)14-24(3)30(26,27)17-10-11-18(28-4)19(12-17)29-5/h6-13H,14H2,1-5H3,(H,22,25)/b21-13-. The summed E-state index contributed by atoms with van der Waals surface area (Å²) >= 11 is 0. The van der Waals surface area contributed by atoms with Gasteiger partial charge < -0.3 is 14.4 Å². The molecule has 2 aromatic rings. The van der Waals surface area contributed by atoms with E-state index in [0.29, 0.717) is 5.75 Å². The Morgan fingerprint density at radius 1 is 1.03 bits per heavy atom. The van der Waals surface area contributed by atoms with Gasteiger partial charge in [0.25, 0.3) is 5.91 Å². The lowest BCUT2D eigenvalue weighted by atomic mass is 10.2. The highest BCUT2D eigenvalue weighted by Gasteiger charge is 2.24. The predicted molar refractivity (Wildman–Crippen MR) is 116 cm³/mol. The number of amides is 1. The van der Waals surface area contributed by atoms with E-state index in [2.05, 4.69) is 10.5 Å². The van der Waals surface area contributed by atoms with Gasteiger partial charge in [-0.25, -0.2) is 13.8 Å². The smallest absolute Gasteiger partial charge is 0.255 e. The van der Waals surface area contributed by atoms with Crippen molar-refractivity contribution in [2.75, 3.05) is 46.8 Å². The van der Waals surface area contributed by atoms with Crippen LogP contribution in [0.2, 0.25) is 0 Å². The Morgan fingerprint density at radius 3 is 2.23 bits per heavy atom. The van der Waals surface area contributed by atoms with Crippen molar-refractivity contribution in [2.24, 2.45) is 5.10 Å². The van der Waals surface area contributed by atoms with Gasteiger partial charge in [-0.1, -0.05) is 12.1 Å². The second-order valence-electron chi connectivity index (χ2n) is 6.56. The van der Waals surface area contributed by atoms with Gasteiger partial charge in [-0.05, 0) is 29.8 Å². The highest BCUT2D eigenvalue weighted by Crippen LogP contribution is 2.30. The number of methoxy groups -OCH3 is 2. The minimum Gasteiger partial charge on any atom is -0.493 e. The van der Waals surface area contributed by atoms with Crippen LogP contribution in [0, 0.1) is 0 Å². The molecule has 0 aromatic heterocycles. The van der Waals surface area contributed by atoms with Gasteiger partial charge in [-0.15, -0.1) is 0 Å². The van der Waals surface area contributed by atoms with Crippen molar-refractivity contribution in [3.63, 3.8) is 0 Å². The maximum Gasteiger partial charge on any atom is 0.255 e. The van der Waals surface area contributed by atoms with Gasteiger partial charge in [0, 0.05) is 32.9 Å². The number of carbonyl (C=O) groups is 1. The van der Waals surface area contributed by atoms with Crippen LogP contribution in [0.25, 0.3) is 0 Å². The lowest BCUT2D eigenvalue weighted by Crippen LogP contribution is -2.36. The number of nitrogens with zero attached hydrogens (tertiary/aromatic N) is 3. The molecule has 0 unspecified atom stereocenters. The Morgan fingerprint density at radius 2 is 1.67 bits per heavy atom. The molecule has 0 bridgehead atoms. The third kappa shape index (κ3) is 5.71. The minimum atomic E-state index is -3.90. The molecular weight excluding hydrogens is 408 g/mol. The zero-order valence-electron chi connectivity index (χ0n) is 17.6. The third-order valence-electron chi connectivity index (χ3n) is 4.24. The van der Waals surface area contributed by atoms with Crippen LogP contribution >= 0.6 is 0 Å². The maximum absolute atomic E-state index is 12.7. The molecule has 162 valence electrons. The van der Waals surface area contributed by atoms with Crippen molar-refractivity contribution in [3.05, 3.63) is 48.0 Å². The molecule has 10 heteroatoms. The Hall–Kier alpha value is -3.11. The first-order valence-electron chi connectivity index (χ1n) is 8.96. The van der Waals surface area contributed by atoms with Gasteiger partial charge >= 0.3 is 0 Å². The second-order valence-corrected chi connectivity index (χ2v) is 8.60. The molecule has 0 spiro atoms. The van der Waals surface area contributed by atoms with Gasteiger partial charge in [0.05, 0.1) is 31.9 Å². The SMILES string of the molecule is COc1ccc(S(=O)(=O)N(C)CC(=O)N/N=C\c2ccc(N(C)C)cc2)cc1OC. The first-order chi connectivity index (χ1) is 14.2. The van der Waals surface area contributed by atoms with Crippen LogP contribution in [0.5, 0.6) is 11.5 Å². The molecule has 2 rings (SSSR count). The molecule has 0 radical (unpaired) electrons. The van der Waals surface area contributed by atoms with E-state index in [9.17, 15) is 13.2 Å². The largest absolute Gasteiger partial charge is 0.493 e. The van der Waals surface area contributed by atoms with Crippen molar-refractivity contribution < 1.29 is 22.7 Å². The average Bonchev–Trinajstić information content (AvgIpc) is 2.73. The molecule has 0 saturated heterocycles. The Bertz CT molecular complexity index is 1000. The summed E-state index contributed by atoms with van der Waals surface area (Å²) in [4.78, 5) is 14.1. The fourth-order valence-electron chi connectivity index (χ4n) is 2.52. The van der Waals surface area contributed by atoms with Crippen molar-refractivity contribution in [1.29, 1.82) is 0 Å². The molecule has 1 N–H and O–H groups in total. The number of nitrogens with one attached hydrogen (secondary N) is 1. The quantitative estimate of drug-likeness (QED) is 0.475. The summed E-state index contributed by atoms with van der Waals surface area (Å²) in [6.45, 7) is -0.395. The fourth-order valence-corrected chi connectivity index (χ4v) is 3.66. The van der Waals surface area contributed by atoms with Gasteiger partial charge in [0.2, 0.25) is 10.0 Å². The number of anilines is 1. The first-order valence-corrected chi connectivity index (χ1v) is 10.4. The highest BCUT2D eigenvalue weighted by molar-refractivity contribution is 7.89. The predicted octanol–water partition coefficient (Wildman–Crippen LogP) is 1.54. The van der Waals surface area contributed by atoms with E-state index in [1.807, 2.05) is 43.3 Å². The highest BCUT2D eigenvalue weighted by atomic mass is 32.2. The molecular formula is C20H26N4O5S. The first kappa shape index (κ1) is 23.2. The number of benzene rings is 2. The fraction of sp³-hybridized carbons (Fsp3) is 0.300. The number of sulfonamides is 1. The Labute approximate surface area is 176 Å². The van der Waals surface area contributed by atoms with Crippen LogP contribution < -0.4 is 19.8 Å². The number of hydrogen-bond donors (Lipinski definition) is 1. The summed E-state index contributed by atoms with van der Waals surface area (Å²) in [7, 11) is 4.17. The number of rotatable bonds is 9. The van der Waals surface area contributed by atoms with Crippen molar-refractivity contribution >= 4 is 27.8 Å². The van der Waals surface area contributed by atoms with Gasteiger partial charge in [-0.3, -0.25) is 4.79 Å². The molecule has 0 saturated carbocycles. The van der Waals surface area contributed by atoms with E-state index < -0.39 is 22.5 Å². The summed E-state index contributed by atoms with van der Waals surface area (Å²) in [5, 5.41) is 3.88. The van der Waals surface area contributed by atoms with Crippen LogP contribution in [0.3, 0.4) is 0 Å². The summed E-state index contributed by atoms with van der Waals surface area (Å²) < 4.78 is 36.6. The van der Waals surface area contributed by atoms with Crippen molar-refractivity contribution in [3.8, 4) is 11.5 Å². The zero-order valence-corrected chi connectivity index (χ0v) is 18.4. The monoisotopic (exact) mass is 434 g/mol. The number of likely N-dealkylation sites (N-methyl/N-ethyl adjacent to an activating group) is 1. The minimum absolute atomic E-state index is 0.0140. The molecule has 0 aliphatic carbocycles. The maximum atomic E-state index is 12.7. The lowest BCUT2D eigenvalue weighted by Gasteiger charge is -2.17. The van der Waals surface area contributed by atoms with E-state index in [0.717, 1.165) is 15.6 Å². The Kier molecular flexibility index (Phi) is 7.79. The summed E-state index contributed by atoms with van der Waals surface area (Å²) in [5.41, 5.74) is 4.17. The summed E-state index contributed by atoms with van der Waals surface area (Å²) in [5.74, 6) is 0.119. The number of carbonyl (C=O) groups excluding carboxylic acids is 1. The van der Waals surface area contributed by atoms with Crippen molar-refractivity contribution in [1.82, 2.24) is 9.73 Å². The second kappa shape index (κ2) is 10.1. The molecule has 2 aromatic carbocycles. The summed E-state index contributed by atoms with van der Waals surface area (Å²) in [6.07, 6.45) is 1.49. The average molecular weight is 435 g/mol. The van der Waals surface area contributed by atoms with E-state index in [1.54, 1.807) is 0 Å². The molecule has 0 atom stereocenters. The molecule has 30 heavy (non-hydrogen) atoms. The molecule has 0 heterocycles. The van der Waals surface area contributed by atoms with E-state index in [4.69, 9.17) is 9.47 Å². The normalized spacial score (nSPS) is 11.5. The molecule has 9 nitrogen and oxygen atoms in total. The van der Waals surface area contributed by atoms with Gasteiger partial charge in [-0.2, -0.15) is 9.41 Å². The zero-order chi connectivity index (χ0) is 22.3. The number of hydrogen-bond acceptors (Lipinski definition) is 7. The summed E-state index contributed by atoms with van der Waals surface area (Å²) in [6, 6.07) is 11.8. The van der Waals surface area contributed by atoms with Gasteiger partial charge in [0.15, 0.2) is 11.5 Å². The molecule has 0 aliphatic heterocycles. The van der Waals surface area contributed by atoms with E-state index in [-0.39, 0.29) is 10.6 Å². The third-order valence-corrected chi connectivity index (χ3v) is 6.04. The van der Waals surface area contributed by atoms with Crippen LogP contribution in [0.1, 0.15) is 5.56 Å². The number of hydrazone groups is 1. The van der Waals surface area contributed by atoms with Gasteiger partial charge in [0.1, 0.15) is 0 Å². The van der Waals surface area contributed by atoms with Crippen LogP contribution in [-0.4, -0.2) is 66.8 Å². The van der Waals surface area contributed by atoms with Crippen LogP contribution in [0.4, 0.5) is 5.69 Å². The van der Waals surface area contributed by atoms with E-state index >= 15 is 0 Å². The molecule has 0 aliphatic rings. The lowest BCUT2D eigenvalue weighted by molar-refractivity contribution is -0.121. The molecule has 0 fully saturated rings. The van der Waals surface area contributed by atoms with E-state index in [1.165, 1.54) is 45.7 Å².